The summed E-state index contributed by atoms with van der Waals surface area (Å²) in [7, 11) is 0. The maximum absolute atomic E-state index is 11.0. The van der Waals surface area contributed by atoms with Gasteiger partial charge in [0.05, 0.1) is 5.69 Å². The van der Waals surface area contributed by atoms with Gasteiger partial charge >= 0.3 is 0 Å². The highest BCUT2D eigenvalue weighted by Crippen LogP contribution is 2.24. The molecule has 98 valence electrons. The van der Waals surface area contributed by atoms with Crippen LogP contribution in [0.4, 0.5) is 11.5 Å². The molecule has 1 aliphatic rings. The van der Waals surface area contributed by atoms with Gasteiger partial charge in [-0.05, 0) is 31.9 Å². The highest BCUT2D eigenvalue weighted by molar-refractivity contribution is 5.73. The Labute approximate surface area is 107 Å². The largest absolute Gasteiger partial charge is 0.396 e. The van der Waals surface area contributed by atoms with E-state index in [-0.39, 0.29) is 11.9 Å². The average Bonchev–Trinajstić information content (AvgIpc) is 2.33. The molecular weight excluding hydrogens is 228 g/mol. The minimum absolute atomic E-state index is 0.0432. The number of rotatable bonds is 2. The van der Waals surface area contributed by atoms with Gasteiger partial charge in [0.1, 0.15) is 0 Å². The third kappa shape index (κ3) is 2.91. The normalized spacial score (nSPS) is 16.7. The SMILES string of the molecule is CC(=O)NC1CCN(c2nc(C)ccc2N)CC1. The van der Waals surface area contributed by atoms with Gasteiger partial charge in [-0.25, -0.2) is 4.98 Å². The van der Waals surface area contributed by atoms with E-state index in [0.717, 1.165) is 43.1 Å². The summed E-state index contributed by atoms with van der Waals surface area (Å²) in [4.78, 5) is 17.7. The van der Waals surface area contributed by atoms with E-state index < -0.39 is 0 Å². The summed E-state index contributed by atoms with van der Waals surface area (Å²) in [5.41, 5.74) is 7.66. The van der Waals surface area contributed by atoms with Crippen molar-refractivity contribution in [2.24, 2.45) is 0 Å². The number of nitrogens with two attached hydrogens (primary N) is 1. The molecule has 3 N–H and O–H groups in total. The molecule has 1 amide bonds. The van der Waals surface area contributed by atoms with Crippen LogP contribution in [-0.4, -0.2) is 30.0 Å². The van der Waals surface area contributed by atoms with Crippen molar-refractivity contribution in [2.45, 2.75) is 32.7 Å². The number of carbonyl (C=O) groups is 1. The maximum Gasteiger partial charge on any atom is 0.217 e. The smallest absolute Gasteiger partial charge is 0.217 e. The Balaban J connectivity index is 2.01. The fourth-order valence-electron chi connectivity index (χ4n) is 2.33. The Kier molecular flexibility index (Phi) is 3.69. The molecule has 5 heteroatoms. The zero-order chi connectivity index (χ0) is 13.1. The Hall–Kier alpha value is -1.78. The molecule has 1 saturated heterocycles. The van der Waals surface area contributed by atoms with Gasteiger partial charge in [0.15, 0.2) is 5.82 Å². The molecule has 5 nitrogen and oxygen atoms in total. The summed E-state index contributed by atoms with van der Waals surface area (Å²) >= 11 is 0. The number of carbonyl (C=O) groups excluding carboxylic acids is 1. The first-order valence-corrected chi connectivity index (χ1v) is 6.31. The molecule has 0 aliphatic carbocycles. The van der Waals surface area contributed by atoms with Crippen molar-refractivity contribution in [2.75, 3.05) is 23.7 Å². The van der Waals surface area contributed by atoms with Crippen molar-refractivity contribution in [3.8, 4) is 0 Å². The molecule has 0 radical (unpaired) electrons. The Bertz CT molecular complexity index is 439. The number of aryl methyl sites for hydroxylation is 1. The van der Waals surface area contributed by atoms with E-state index in [9.17, 15) is 4.79 Å². The van der Waals surface area contributed by atoms with Crippen LogP contribution in [0.15, 0.2) is 12.1 Å². The van der Waals surface area contributed by atoms with Crippen molar-refractivity contribution in [1.82, 2.24) is 10.3 Å². The summed E-state index contributed by atoms with van der Waals surface area (Å²) in [6.45, 7) is 5.29. The van der Waals surface area contributed by atoms with Crippen molar-refractivity contribution >= 4 is 17.4 Å². The predicted molar refractivity (Wildman–Crippen MR) is 72.4 cm³/mol. The molecule has 18 heavy (non-hydrogen) atoms. The molecule has 2 rings (SSSR count). The van der Waals surface area contributed by atoms with Crippen LogP contribution in [0.1, 0.15) is 25.5 Å². The quantitative estimate of drug-likeness (QED) is 0.821. The zero-order valence-corrected chi connectivity index (χ0v) is 10.9. The van der Waals surface area contributed by atoms with Crippen LogP contribution < -0.4 is 16.0 Å². The number of nitrogens with one attached hydrogen (secondary N) is 1. The van der Waals surface area contributed by atoms with E-state index in [1.165, 1.54) is 0 Å². The van der Waals surface area contributed by atoms with Gasteiger partial charge in [-0.1, -0.05) is 0 Å². The summed E-state index contributed by atoms with van der Waals surface area (Å²) < 4.78 is 0. The van der Waals surface area contributed by atoms with Gasteiger partial charge in [0.2, 0.25) is 5.91 Å². The van der Waals surface area contributed by atoms with E-state index in [4.69, 9.17) is 5.73 Å². The van der Waals surface area contributed by atoms with Crippen molar-refractivity contribution in [3.05, 3.63) is 17.8 Å². The first-order valence-electron chi connectivity index (χ1n) is 6.31. The lowest BCUT2D eigenvalue weighted by molar-refractivity contribution is -0.119. The molecular formula is C13H20N4O. The lowest BCUT2D eigenvalue weighted by Crippen LogP contribution is -2.44. The van der Waals surface area contributed by atoms with E-state index in [0.29, 0.717) is 0 Å². The first kappa shape index (κ1) is 12.7. The summed E-state index contributed by atoms with van der Waals surface area (Å²) in [5, 5.41) is 2.96. The number of piperidine rings is 1. The van der Waals surface area contributed by atoms with Gasteiger partial charge in [0.25, 0.3) is 0 Å². The lowest BCUT2D eigenvalue weighted by atomic mass is 10.0. The van der Waals surface area contributed by atoms with Gasteiger partial charge in [-0.2, -0.15) is 0 Å². The molecule has 0 spiro atoms. The topological polar surface area (TPSA) is 71.2 Å². The fourth-order valence-corrected chi connectivity index (χ4v) is 2.33. The second-order valence-electron chi connectivity index (χ2n) is 4.83. The van der Waals surface area contributed by atoms with E-state index in [1.54, 1.807) is 6.92 Å². The molecule has 2 heterocycles. The third-order valence-electron chi connectivity index (χ3n) is 3.25. The molecule has 1 aliphatic heterocycles. The maximum atomic E-state index is 11.0. The van der Waals surface area contributed by atoms with Gasteiger partial charge in [0, 0.05) is 31.7 Å². The number of nitrogen functional groups attached to an aromatic ring is 1. The van der Waals surface area contributed by atoms with E-state index in [1.807, 2.05) is 19.1 Å². The molecule has 0 bridgehead atoms. The fraction of sp³-hybridized carbons (Fsp3) is 0.538. The first-order chi connectivity index (χ1) is 8.56. The van der Waals surface area contributed by atoms with Crippen LogP contribution in [-0.2, 0) is 4.79 Å². The van der Waals surface area contributed by atoms with Crippen LogP contribution in [0.2, 0.25) is 0 Å². The highest BCUT2D eigenvalue weighted by Gasteiger charge is 2.21. The molecule has 1 aromatic rings. The Morgan fingerprint density at radius 1 is 1.44 bits per heavy atom. The van der Waals surface area contributed by atoms with Crippen LogP contribution in [0, 0.1) is 6.92 Å². The molecule has 0 atom stereocenters. The van der Waals surface area contributed by atoms with Gasteiger partial charge in [-0.15, -0.1) is 0 Å². The molecule has 0 saturated carbocycles. The van der Waals surface area contributed by atoms with Gasteiger partial charge in [-0.3, -0.25) is 4.79 Å². The van der Waals surface area contributed by atoms with Crippen LogP contribution >= 0.6 is 0 Å². The molecule has 1 aromatic heterocycles. The van der Waals surface area contributed by atoms with Crippen LogP contribution in [0.3, 0.4) is 0 Å². The minimum Gasteiger partial charge on any atom is -0.396 e. The zero-order valence-electron chi connectivity index (χ0n) is 10.9. The number of amides is 1. The highest BCUT2D eigenvalue weighted by atomic mass is 16.1. The number of hydrogen-bond acceptors (Lipinski definition) is 4. The standard InChI is InChI=1S/C13H20N4O/c1-9-3-4-12(14)13(15-9)17-7-5-11(6-8-17)16-10(2)18/h3-4,11H,5-8,14H2,1-2H3,(H,16,18). The summed E-state index contributed by atoms with van der Waals surface area (Å²) in [6.07, 6.45) is 1.88. The average molecular weight is 248 g/mol. The number of nitrogens with zero attached hydrogens (tertiary/aromatic N) is 2. The number of pyridine rings is 1. The van der Waals surface area contributed by atoms with E-state index in [2.05, 4.69) is 15.2 Å². The second kappa shape index (κ2) is 5.25. The third-order valence-corrected chi connectivity index (χ3v) is 3.25. The Morgan fingerprint density at radius 3 is 2.72 bits per heavy atom. The van der Waals surface area contributed by atoms with Crippen molar-refractivity contribution in [1.29, 1.82) is 0 Å². The Morgan fingerprint density at radius 2 is 2.11 bits per heavy atom. The summed E-state index contributed by atoms with van der Waals surface area (Å²) in [5.74, 6) is 0.915. The van der Waals surface area contributed by atoms with Crippen LogP contribution in [0.25, 0.3) is 0 Å². The number of hydrogen-bond donors (Lipinski definition) is 2. The summed E-state index contributed by atoms with van der Waals surface area (Å²) in [6, 6.07) is 4.10. The van der Waals surface area contributed by atoms with Gasteiger partial charge < -0.3 is 16.0 Å². The molecule has 1 fully saturated rings. The van der Waals surface area contributed by atoms with Crippen molar-refractivity contribution < 1.29 is 4.79 Å². The predicted octanol–water partition coefficient (Wildman–Crippen LogP) is 1.08. The lowest BCUT2D eigenvalue weighted by Gasteiger charge is -2.33. The number of anilines is 2. The van der Waals surface area contributed by atoms with Crippen LogP contribution in [0.5, 0.6) is 0 Å². The molecule has 0 unspecified atom stereocenters. The molecule has 0 aromatic carbocycles. The monoisotopic (exact) mass is 248 g/mol. The second-order valence-corrected chi connectivity index (χ2v) is 4.83. The van der Waals surface area contributed by atoms with E-state index >= 15 is 0 Å². The van der Waals surface area contributed by atoms with Crippen molar-refractivity contribution in [3.63, 3.8) is 0 Å². The minimum atomic E-state index is 0.0432. The number of aromatic nitrogens is 1.